The molecule has 0 amide bonds. The minimum absolute atomic E-state index is 0.237. The van der Waals surface area contributed by atoms with Crippen LogP contribution in [0.2, 0.25) is 0 Å². The van der Waals surface area contributed by atoms with E-state index >= 15 is 0 Å². The van der Waals surface area contributed by atoms with Crippen LogP contribution in [0.4, 0.5) is 22.9 Å². The van der Waals surface area contributed by atoms with Crippen LogP contribution in [0, 0.1) is 5.21 Å². The van der Waals surface area contributed by atoms with Crippen molar-refractivity contribution in [2.75, 3.05) is 22.1 Å². The van der Waals surface area contributed by atoms with Gasteiger partial charge in [-0.05, 0) is 36.4 Å². The van der Waals surface area contributed by atoms with Crippen LogP contribution in [0.5, 0.6) is 0 Å². The Morgan fingerprint density at radius 2 is 1.82 bits per heavy atom. The lowest BCUT2D eigenvalue weighted by Crippen LogP contribution is -2.32. The van der Waals surface area contributed by atoms with Crippen LogP contribution >= 0.6 is 10.6 Å². The molecule has 168 valence electrons. The SMILES string of the molecule is [O-][n+]1cccc(N(Cc2cccnc2N2CCS(O)(O)c3ccccc32)c2cccnc2)c1. The van der Waals surface area contributed by atoms with Gasteiger partial charge in [-0.15, -0.1) is 0 Å². The molecule has 2 N–H and O–H groups in total. The van der Waals surface area contributed by atoms with Gasteiger partial charge in [0.05, 0.1) is 34.8 Å². The lowest BCUT2D eigenvalue weighted by atomic mass is 10.1. The molecule has 8 nitrogen and oxygen atoms in total. The summed E-state index contributed by atoms with van der Waals surface area (Å²) in [5, 5.41) is 12.0. The van der Waals surface area contributed by atoms with Gasteiger partial charge in [-0.1, -0.05) is 18.2 Å². The highest BCUT2D eigenvalue weighted by Gasteiger charge is 2.31. The van der Waals surface area contributed by atoms with Crippen molar-refractivity contribution in [1.29, 1.82) is 0 Å². The number of para-hydroxylation sites is 1. The van der Waals surface area contributed by atoms with Crippen LogP contribution in [0.15, 0.2) is 96.5 Å². The van der Waals surface area contributed by atoms with E-state index in [2.05, 4.69) is 9.97 Å². The molecular weight excluding hydrogens is 438 g/mol. The van der Waals surface area contributed by atoms with E-state index in [1.807, 2.05) is 58.3 Å². The van der Waals surface area contributed by atoms with Gasteiger partial charge in [0.25, 0.3) is 0 Å². The molecular formula is C24H23N5O3S. The fourth-order valence-electron chi connectivity index (χ4n) is 4.04. The standard InChI is InChI=1S/C24H23N5O3S/c30-27-13-5-8-21(18-27)29(20-7-4-11-25-16-20)17-19-6-3-12-26-24(19)28-14-15-33(31,32)23-10-2-1-9-22(23)28/h1-13,16,18,31-32H,14-15,17H2. The summed E-state index contributed by atoms with van der Waals surface area (Å²) < 4.78 is 21.9. The van der Waals surface area contributed by atoms with Crippen molar-refractivity contribution >= 4 is 33.5 Å². The number of aromatic nitrogens is 3. The third-order valence-electron chi connectivity index (χ3n) is 5.59. The summed E-state index contributed by atoms with van der Waals surface area (Å²) >= 11 is 0. The Morgan fingerprint density at radius 3 is 2.64 bits per heavy atom. The Bertz CT molecular complexity index is 1270. The number of benzene rings is 1. The Balaban J connectivity index is 1.58. The molecule has 9 heteroatoms. The van der Waals surface area contributed by atoms with Crippen molar-refractivity contribution < 1.29 is 13.8 Å². The first kappa shape index (κ1) is 21.2. The van der Waals surface area contributed by atoms with Crippen LogP contribution in [-0.4, -0.2) is 31.4 Å². The van der Waals surface area contributed by atoms with E-state index in [0.717, 1.165) is 33.2 Å². The number of anilines is 4. The average molecular weight is 462 g/mol. The summed E-state index contributed by atoms with van der Waals surface area (Å²) in [6.07, 6.45) is 8.16. The Hall–Kier alpha value is -3.66. The molecule has 1 aromatic carbocycles. The molecule has 0 spiro atoms. The van der Waals surface area contributed by atoms with E-state index < -0.39 is 10.6 Å². The van der Waals surface area contributed by atoms with E-state index in [4.69, 9.17) is 0 Å². The van der Waals surface area contributed by atoms with Gasteiger partial charge in [-0.2, -0.15) is 15.3 Å². The van der Waals surface area contributed by atoms with Gasteiger partial charge in [-0.3, -0.25) is 14.1 Å². The number of fused-ring (bicyclic) bond motifs is 1. The van der Waals surface area contributed by atoms with Crippen LogP contribution in [-0.2, 0) is 6.54 Å². The normalized spacial score (nSPS) is 15.5. The Labute approximate surface area is 193 Å². The van der Waals surface area contributed by atoms with Crippen molar-refractivity contribution in [3.63, 3.8) is 0 Å². The smallest absolute Gasteiger partial charge is 0.204 e. The summed E-state index contributed by atoms with van der Waals surface area (Å²) in [6, 6.07) is 18.6. The maximum atomic E-state index is 12.0. The van der Waals surface area contributed by atoms with Gasteiger partial charge in [0, 0.05) is 30.6 Å². The predicted molar refractivity (Wildman–Crippen MR) is 129 cm³/mol. The molecule has 4 heterocycles. The predicted octanol–water partition coefficient (Wildman–Crippen LogP) is 4.71. The van der Waals surface area contributed by atoms with Crippen LogP contribution in [0.3, 0.4) is 0 Å². The van der Waals surface area contributed by atoms with E-state index in [1.54, 1.807) is 30.7 Å². The summed E-state index contributed by atoms with van der Waals surface area (Å²) in [5.74, 6) is 0.973. The number of pyridine rings is 3. The van der Waals surface area contributed by atoms with E-state index in [0.29, 0.717) is 18.0 Å². The first-order valence-electron chi connectivity index (χ1n) is 10.5. The quantitative estimate of drug-likeness (QED) is 0.328. The number of nitrogens with zero attached hydrogens (tertiary/aromatic N) is 5. The van der Waals surface area contributed by atoms with Gasteiger partial charge in [0.15, 0.2) is 6.20 Å². The molecule has 4 aromatic rings. The fraction of sp³-hybridized carbons (Fsp3) is 0.125. The van der Waals surface area contributed by atoms with Crippen LogP contribution in [0.25, 0.3) is 0 Å². The van der Waals surface area contributed by atoms with E-state index in [9.17, 15) is 14.3 Å². The van der Waals surface area contributed by atoms with Crippen molar-refractivity contribution in [3.05, 3.63) is 102 Å². The highest BCUT2D eigenvalue weighted by molar-refractivity contribution is 8.24. The molecule has 0 saturated heterocycles. The van der Waals surface area contributed by atoms with Gasteiger partial charge in [0.2, 0.25) is 6.20 Å². The molecule has 33 heavy (non-hydrogen) atoms. The zero-order chi connectivity index (χ0) is 22.8. The monoisotopic (exact) mass is 461 g/mol. The number of hydrogen-bond donors (Lipinski definition) is 2. The van der Waals surface area contributed by atoms with Crippen LogP contribution in [0.1, 0.15) is 5.56 Å². The Morgan fingerprint density at radius 1 is 1.00 bits per heavy atom. The van der Waals surface area contributed by atoms with Crippen molar-refractivity contribution in [1.82, 2.24) is 9.97 Å². The van der Waals surface area contributed by atoms with Crippen molar-refractivity contribution in [2.45, 2.75) is 11.4 Å². The third kappa shape index (κ3) is 4.21. The lowest BCUT2D eigenvalue weighted by Gasteiger charge is -2.43. The summed E-state index contributed by atoms with van der Waals surface area (Å²) in [6.45, 7) is 0.871. The van der Waals surface area contributed by atoms with Gasteiger partial charge < -0.3 is 15.0 Å². The number of rotatable bonds is 5. The van der Waals surface area contributed by atoms with E-state index in [1.165, 1.54) is 12.4 Å². The average Bonchev–Trinajstić information content (AvgIpc) is 2.84. The summed E-state index contributed by atoms with van der Waals surface area (Å²) in [7, 11) is -2.84. The van der Waals surface area contributed by atoms with Crippen molar-refractivity contribution in [3.8, 4) is 0 Å². The zero-order valence-corrected chi connectivity index (χ0v) is 18.5. The molecule has 0 radical (unpaired) electrons. The zero-order valence-electron chi connectivity index (χ0n) is 17.7. The van der Waals surface area contributed by atoms with Crippen molar-refractivity contribution in [2.24, 2.45) is 0 Å². The second-order valence-corrected chi connectivity index (χ2v) is 9.88. The topological polar surface area (TPSA) is 99.7 Å². The maximum Gasteiger partial charge on any atom is 0.204 e. The molecule has 5 rings (SSSR count). The fourth-order valence-corrected chi connectivity index (χ4v) is 5.51. The summed E-state index contributed by atoms with van der Waals surface area (Å²) in [4.78, 5) is 13.5. The molecule has 0 bridgehead atoms. The molecule has 0 unspecified atom stereocenters. The minimum Gasteiger partial charge on any atom is -0.619 e. The first-order chi connectivity index (χ1) is 16.0. The highest BCUT2D eigenvalue weighted by atomic mass is 32.3. The molecule has 0 saturated carbocycles. The minimum atomic E-state index is -2.84. The van der Waals surface area contributed by atoms with Gasteiger partial charge in [-0.25, -0.2) is 4.98 Å². The van der Waals surface area contributed by atoms with Crippen LogP contribution < -0.4 is 14.5 Å². The molecule has 3 aromatic heterocycles. The molecule has 0 aliphatic carbocycles. The van der Waals surface area contributed by atoms with Gasteiger partial charge in [0.1, 0.15) is 11.5 Å². The lowest BCUT2D eigenvalue weighted by molar-refractivity contribution is -0.604. The third-order valence-corrected chi connectivity index (χ3v) is 7.39. The second kappa shape index (κ2) is 8.70. The highest BCUT2D eigenvalue weighted by Crippen LogP contribution is 2.56. The Kier molecular flexibility index (Phi) is 5.59. The molecule has 1 aliphatic heterocycles. The van der Waals surface area contributed by atoms with Gasteiger partial charge >= 0.3 is 0 Å². The largest absolute Gasteiger partial charge is 0.619 e. The van der Waals surface area contributed by atoms with E-state index in [-0.39, 0.29) is 5.75 Å². The molecule has 1 aliphatic rings. The summed E-state index contributed by atoms with van der Waals surface area (Å²) in [5.41, 5.74) is 3.24. The maximum absolute atomic E-state index is 12.0. The molecule has 0 atom stereocenters. The molecule has 0 fully saturated rings. The number of hydrogen-bond acceptors (Lipinski definition) is 7. The first-order valence-corrected chi connectivity index (χ1v) is 12.2. The second-order valence-electron chi connectivity index (χ2n) is 7.70.